The molecule has 0 amide bonds. The van der Waals surface area contributed by atoms with Gasteiger partial charge in [0.15, 0.2) is 4.80 Å². The summed E-state index contributed by atoms with van der Waals surface area (Å²) in [7, 11) is 0. The summed E-state index contributed by atoms with van der Waals surface area (Å²) < 4.78 is 18.6. The zero-order valence-corrected chi connectivity index (χ0v) is 23.1. The molecule has 0 saturated carbocycles. The Labute approximate surface area is 225 Å². The molecule has 0 spiro atoms. The summed E-state index contributed by atoms with van der Waals surface area (Å²) >= 11 is 4.64. The van der Waals surface area contributed by atoms with Crippen LogP contribution < -0.4 is 24.4 Å². The number of nitrogens with zero attached hydrogens (tertiary/aromatic N) is 2. The Morgan fingerprint density at radius 3 is 2.49 bits per heavy atom. The minimum absolute atomic E-state index is 0.203. The van der Waals surface area contributed by atoms with Crippen molar-refractivity contribution in [3.63, 3.8) is 0 Å². The van der Waals surface area contributed by atoms with E-state index in [-0.39, 0.29) is 12.2 Å². The highest BCUT2D eigenvalue weighted by Gasteiger charge is 2.33. The average molecular weight is 585 g/mol. The number of thiazole rings is 1. The molecule has 0 fully saturated rings. The van der Waals surface area contributed by atoms with Crippen LogP contribution in [0.4, 0.5) is 0 Å². The molecule has 1 aliphatic heterocycles. The lowest BCUT2D eigenvalue weighted by Gasteiger charge is -2.24. The number of halogens is 1. The number of allylic oxidation sites excluding steroid dienone is 1. The Morgan fingerprint density at radius 2 is 1.86 bits per heavy atom. The van der Waals surface area contributed by atoms with Crippen molar-refractivity contribution in [2.75, 3.05) is 13.2 Å². The van der Waals surface area contributed by atoms with Gasteiger partial charge in [-0.2, -0.15) is 0 Å². The van der Waals surface area contributed by atoms with Crippen molar-refractivity contribution >= 4 is 45.3 Å². The molecule has 0 radical (unpaired) electrons. The molecule has 1 aliphatic rings. The van der Waals surface area contributed by atoms with Gasteiger partial charge in [0.1, 0.15) is 11.5 Å². The second-order valence-electron chi connectivity index (χ2n) is 8.09. The van der Waals surface area contributed by atoms with E-state index in [9.17, 15) is 14.4 Å². The number of hydrogen-bond donors (Lipinski definition) is 0. The Morgan fingerprint density at radius 1 is 1.14 bits per heavy atom. The van der Waals surface area contributed by atoms with Crippen molar-refractivity contribution < 1.29 is 23.8 Å². The van der Waals surface area contributed by atoms with E-state index in [4.69, 9.17) is 14.2 Å². The van der Waals surface area contributed by atoms with Crippen LogP contribution >= 0.6 is 27.3 Å². The first-order valence-electron chi connectivity index (χ1n) is 11.6. The summed E-state index contributed by atoms with van der Waals surface area (Å²) in [5.41, 5.74) is 2.00. The summed E-state index contributed by atoms with van der Waals surface area (Å²) in [4.78, 5) is 43.1. The summed E-state index contributed by atoms with van der Waals surface area (Å²) in [6.45, 7) is 7.44. The number of esters is 2. The van der Waals surface area contributed by atoms with Crippen molar-refractivity contribution in [2.24, 2.45) is 4.99 Å². The van der Waals surface area contributed by atoms with E-state index in [1.807, 2.05) is 31.2 Å². The van der Waals surface area contributed by atoms with Crippen molar-refractivity contribution in [3.8, 4) is 11.5 Å². The molecule has 0 saturated heterocycles. The van der Waals surface area contributed by atoms with Crippen LogP contribution in [0.25, 0.3) is 6.08 Å². The fourth-order valence-corrected chi connectivity index (χ4v) is 5.54. The molecule has 0 aliphatic carbocycles. The molecule has 1 atom stereocenters. The van der Waals surface area contributed by atoms with Crippen LogP contribution in [0.15, 0.2) is 68.0 Å². The molecule has 10 heteroatoms. The molecule has 37 heavy (non-hydrogen) atoms. The number of hydrogen-bond acceptors (Lipinski definition) is 8. The molecule has 2 aromatic carbocycles. The van der Waals surface area contributed by atoms with Gasteiger partial charge in [-0.25, -0.2) is 9.79 Å². The largest absolute Gasteiger partial charge is 0.494 e. The first-order chi connectivity index (χ1) is 17.7. The Kier molecular flexibility index (Phi) is 8.09. The van der Waals surface area contributed by atoms with E-state index >= 15 is 0 Å². The highest BCUT2D eigenvalue weighted by molar-refractivity contribution is 9.10. The van der Waals surface area contributed by atoms with Gasteiger partial charge in [-0.3, -0.25) is 14.2 Å². The zero-order valence-electron chi connectivity index (χ0n) is 20.7. The zero-order chi connectivity index (χ0) is 26.7. The van der Waals surface area contributed by atoms with Crippen molar-refractivity contribution in [1.82, 2.24) is 4.57 Å². The van der Waals surface area contributed by atoms with Crippen molar-refractivity contribution in [1.29, 1.82) is 0 Å². The number of carbonyl (C=O) groups is 2. The molecule has 2 heterocycles. The summed E-state index contributed by atoms with van der Waals surface area (Å²) in [6, 6.07) is 11.8. The maximum atomic E-state index is 13.7. The lowest BCUT2D eigenvalue weighted by atomic mass is 9.96. The first kappa shape index (κ1) is 26.6. The van der Waals surface area contributed by atoms with Gasteiger partial charge in [-0.1, -0.05) is 29.5 Å². The number of rotatable bonds is 7. The Balaban J connectivity index is 1.86. The molecule has 1 aromatic heterocycles. The molecular formula is C27H25BrN2O6S. The van der Waals surface area contributed by atoms with Gasteiger partial charge in [0.05, 0.1) is 39.5 Å². The van der Waals surface area contributed by atoms with Crippen LogP contribution in [0.5, 0.6) is 11.5 Å². The maximum Gasteiger partial charge on any atom is 0.338 e. The highest BCUT2D eigenvalue weighted by atomic mass is 79.9. The Hall–Kier alpha value is -3.50. The lowest BCUT2D eigenvalue weighted by molar-refractivity contribution is -0.139. The van der Waals surface area contributed by atoms with Crippen LogP contribution in [0.1, 0.15) is 44.9 Å². The topological polar surface area (TPSA) is 96.2 Å². The third kappa shape index (κ3) is 5.60. The van der Waals surface area contributed by atoms with Crippen LogP contribution in [-0.2, 0) is 14.3 Å². The molecule has 8 nitrogen and oxygen atoms in total. The van der Waals surface area contributed by atoms with Crippen LogP contribution in [0, 0.1) is 0 Å². The van der Waals surface area contributed by atoms with Crippen molar-refractivity contribution in [3.05, 3.63) is 89.0 Å². The van der Waals surface area contributed by atoms with Gasteiger partial charge in [0, 0.05) is 6.92 Å². The van der Waals surface area contributed by atoms with Gasteiger partial charge in [0.2, 0.25) is 0 Å². The fourth-order valence-electron chi connectivity index (χ4n) is 4.02. The molecular weight excluding hydrogens is 560 g/mol. The summed E-state index contributed by atoms with van der Waals surface area (Å²) in [5.74, 6) is 0.141. The summed E-state index contributed by atoms with van der Waals surface area (Å²) in [6.07, 6.45) is 1.74. The average Bonchev–Trinajstić information content (AvgIpc) is 3.15. The Bertz CT molecular complexity index is 1570. The molecule has 4 rings (SSSR count). The second-order valence-corrected chi connectivity index (χ2v) is 9.95. The van der Waals surface area contributed by atoms with E-state index in [1.165, 1.54) is 22.8 Å². The smallest absolute Gasteiger partial charge is 0.338 e. The number of benzene rings is 2. The number of carbonyl (C=O) groups excluding carboxylic acids is 2. The van der Waals surface area contributed by atoms with Gasteiger partial charge in [-0.05, 0) is 78.2 Å². The molecule has 0 bridgehead atoms. The van der Waals surface area contributed by atoms with E-state index < -0.39 is 18.0 Å². The highest BCUT2D eigenvalue weighted by Crippen LogP contribution is 2.32. The van der Waals surface area contributed by atoms with Crippen molar-refractivity contribution in [2.45, 2.75) is 33.7 Å². The minimum Gasteiger partial charge on any atom is -0.494 e. The summed E-state index contributed by atoms with van der Waals surface area (Å²) in [5, 5.41) is 0. The third-order valence-electron chi connectivity index (χ3n) is 5.53. The maximum absolute atomic E-state index is 13.7. The molecule has 0 unspecified atom stereocenters. The van der Waals surface area contributed by atoms with E-state index in [0.717, 1.165) is 11.1 Å². The fraction of sp³-hybridized carbons (Fsp3) is 0.259. The van der Waals surface area contributed by atoms with Crippen LogP contribution in [0.3, 0.4) is 0 Å². The molecule has 0 N–H and O–H groups in total. The quantitative estimate of drug-likeness (QED) is 0.309. The van der Waals surface area contributed by atoms with Crippen LogP contribution in [0.2, 0.25) is 0 Å². The van der Waals surface area contributed by atoms with Gasteiger partial charge < -0.3 is 14.2 Å². The first-order valence-corrected chi connectivity index (χ1v) is 13.2. The monoisotopic (exact) mass is 584 g/mol. The normalized spacial score (nSPS) is 15.2. The second kappa shape index (κ2) is 11.3. The van der Waals surface area contributed by atoms with E-state index in [0.29, 0.717) is 43.2 Å². The van der Waals surface area contributed by atoms with E-state index in [2.05, 4.69) is 20.9 Å². The lowest BCUT2D eigenvalue weighted by Crippen LogP contribution is -2.39. The number of aromatic nitrogens is 1. The standard InChI is InChI=1S/C27H25BrN2O6S/c1-5-34-19-10-8-18(9-11-19)24-23(26(33)35-6-2)15(3)29-27-30(24)25(32)22(37-27)14-17-7-12-21(20(28)13-17)36-16(4)31/h7-14,24H,5-6H2,1-4H3/b22-14-/t24-/m1/s1. The minimum atomic E-state index is -0.703. The van der Waals surface area contributed by atoms with Gasteiger partial charge in [0.25, 0.3) is 5.56 Å². The van der Waals surface area contributed by atoms with E-state index in [1.54, 1.807) is 38.1 Å². The predicted octanol–water partition coefficient (Wildman–Crippen LogP) is 3.88. The van der Waals surface area contributed by atoms with Crippen LogP contribution in [-0.4, -0.2) is 29.7 Å². The number of ether oxygens (including phenoxy) is 3. The predicted molar refractivity (Wildman–Crippen MR) is 143 cm³/mol. The van der Waals surface area contributed by atoms with Gasteiger partial charge >= 0.3 is 11.9 Å². The molecule has 3 aromatic rings. The number of fused-ring (bicyclic) bond motifs is 1. The third-order valence-corrected chi connectivity index (χ3v) is 7.13. The SMILES string of the molecule is CCOC(=O)C1=C(C)N=c2s/c(=C\c3ccc(OC(C)=O)c(Br)c3)c(=O)n2[C@@H]1c1ccc(OCC)cc1. The van der Waals surface area contributed by atoms with Gasteiger partial charge in [-0.15, -0.1) is 0 Å². The molecule has 192 valence electrons.